The van der Waals surface area contributed by atoms with E-state index in [1.54, 1.807) is 5.20 Å². The average Bonchev–Trinajstić information content (AvgIpc) is 2.99. The molecule has 4 rings (SSSR count). The van der Waals surface area contributed by atoms with E-state index in [0.717, 1.165) is 0 Å². The van der Waals surface area contributed by atoms with Crippen molar-refractivity contribution < 1.29 is 4.74 Å². The summed E-state index contributed by atoms with van der Waals surface area (Å²) in [4.78, 5) is 0. The van der Waals surface area contributed by atoms with Crippen molar-refractivity contribution in [1.29, 1.82) is 0 Å². The number of fused-ring (bicyclic) bond motifs is 5. The van der Waals surface area contributed by atoms with E-state index in [4.69, 9.17) is 4.74 Å². The predicted molar refractivity (Wildman–Crippen MR) is 73.3 cm³/mol. The zero-order valence-electron chi connectivity index (χ0n) is 10.4. The molecule has 1 fully saturated rings. The van der Waals surface area contributed by atoms with Crippen molar-refractivity contribution >= 4 is 19.2 Å². The van der Waals surface area contributed by atoms with E-state index in [-0.39, 0.29) is 0 Å². The van der Waals surface area contributed by atoms with E-state index in [9.17, 15) is 0 Å². The summed E-state index contributed by atoms with van der Waals surface area (Å²) in [7, 11) is -1.27. The highest BCUT2D eigenvalue weighted by molar-refractivity contribution is 6.86. The smallest absolute Gasteiger partial charge is 0.114 e. The number of hydrogen-bond donors (Lipinski definition) is 0. The first-order valence-corrected chi connectivity index (χ1v) is 9.79. The molecule has 0 amide bonds. The van der Waals surface area contributed by atoms with Crippen LogP contribution in [-0.2, 0) is 4.74 Å². The summed E-state index contributed by atoms with van der Waals surface area (Å²) in [6.07, 6.45) is 3.15. The Hall–Kier alpha value is -1.12. The molecule has 86 valence electrons. The van der Waals surface area contributed by atoms with E-state index in [0.29, 0.717) is 12.2 Å². The van der Waals surface area contributed by atoms with Crippen LogP contribution in [0.3, 0.4) is 0 Å². The third-order valence-electron chi connectivity index (χ3n) is 3.97. The lowest BCUT2D eigenvalue weighted by Crippen LogP contribution is -2.31. The largest absolute Gasteiger partial charge is 0.360 e. The molecule has 0 radical (unpaired) electrons. The highest BCUT2D eigenvalue weighted by Crippen LogP contribution is 2.56. The predicted octanol–water partition coefficient (Wildman–Crippen LogP) is 3.50. The van der Waals surface area contributed by atoms with Crippen molar-refractivity contribution in [1.82, 2.24) is 0 Å². The third-order valence-corrected chi connectivity index (χ3v) is 6.01. The highest BCUT2D eigenvalue weighted by atomic mass is 28.3. The van der Waals surface area contributed by atoms with Gasteiger partial charge in [-0.15, -0.1) is 0 Å². The van der Waals surface area contributed by atoms with E-state index in [1.807, 2.05) is 0 Å². The Kier molecular flexibility index (Phi) is 1.64. The van der Waals surface area contributed by atoms with Gasteiger partial charge in [-0.05, 0) is 22.3 Å². The summed E-state index contributed by atoms with van der Waals surface area (Å²) >= 11 is 0. The van der Waals surface area contributed by atoms with E-state index >= 15 is 0 Å². The maximum Gasteiger partial charge on any atom is 0.114 e. The Bertz CT molecular complexity index is 589. The molecule has 1 heterocycles. The summed E-state index contributed by atoms with van der Waals surface area (Å²) in [6, 6.07) is 8.77. The molecule has 0 N–H and O–H groups in total. The Labute approximate surface area is 103 Å². The molecule has 2 unspecified atom stereocenters. The van der Waals surface area contributed by atoms with Gasteiger partial charge in [0.2, 0.25) is 0 Å². The van der Waals surface area contributed by atoms with E-state index in [2.05, 4.69) is 50.0 Å². The molecule has 3 aliphatic rings. The molecule has 0 spiro atoms. The van der Waals surface area contributed by atoms with Gasteiger partial charge in [-0.2, -0.15) is 0 Å². The van der Waals surface area contributed by atoms with Crippen molar-refractivity contribution in [3.8, 4) is 0 Å². The fraction of sp³-hybridized carbons (Fsp3) is 0.333. The molecule has 17 heavy (non-hydrogen) atoms. The van der Waals surface area contributed by atoms with Crippen molar-refractivity contribution in [2.45, 2.75) is 31.8 Å². The molecule has 2 atom stereocenters. The van der Waals surface area contributed by atoms with E-state index in [1.165, 1.54) is 22.3 Å². The zero-order chi connectivity index (χ0) is 11.8. The van der Waals surface area contributed by atoms with Gasteiger partial charge in [0, 0.05) is 0 Å². The van der Waals surface area contributed by atoms with Crippen molar-refractivity contribution in [2.75, 3.05) is 0 Å². The second kappa shape index (κ2) is 2.82. The van der Waals surface area contributed by atoms with Gasteiger partial charge in [0.05, 0.1) is 8.07 Å². The van der Waals surface area contributed by atoms with Gasteiger partial charge >= 0.3 is 0 Å². The summed E-state index contributed by atoms with van der Waals surface area (Å²) in [6.45, 7) is 7.27. The van der Waals surface area contributed by atoms with Crippen LogP contribution in [0.1, 0.15) is 11.1 Å². The SMILES string of the molecule is C[Si](C)(C)C1=CC2OC2C2=C1c1ccccc12. The van der Waals surface area contributed by atoms with Crippen LogP contribution < -0.4 is 0 Å². The average molecular weight is 240 g/mol. The van der Waals surface area contributed by atoms with Gasteiger partial charge in [-0.25, -0.2) is 0 Å². The lowest BCUT2D eigenvalue weighted by molar-refractivity contribution is 0.418. The Morgan fingerprint density at radius 3 is 2.47 bits per heavy atom. The topological polar surface area (TPSA) is 12.5 Å². The van der Waals surface area contributed by atoms with Crippen LogP contribution in [0, 0.1) is 0 Å². The second-order valence-corrected chi connectivity index (χ2v) is 11.2. The molecule has 0 bridgehead atoms. The Balaban J connectivity index is 1.92. The lowest BCUT2D eigenvalue weighted by atomic mass is 9.76. The molecular weight excluding hydrogens is 224 g/mol. The molecule has 2 aliphatic carbocycles. The van der Waals surface area contributed by atoms with Gasteiger partial charge in [0.25, 0.3) is 0 Å². The molecule has 1 saturated heterocycles. The maximum absolute atomic E-state index is 5.78. The summed E-state index contributed by atoms with van der Waals surface area (Å²) in [5, 5.41) is 1.60. The Morgan fingerprint density at radius 2 is 1.76 bits per heavy atom. The number of rotatable bonds is 1. The number of hydrogen-bond acceptors (Lipinski definition) is 1. The molecule has 0 saturated carbocycles. The van der Waals surface area contributed by atoms with Crippen LogP contribution in [0.5, 0.6) is 0 Å². The van der Waals surface area contributed by atoms with E-state index < -0.39 is 8.07 Å². The van der Waals surface area contributed by atoms with Crippen molar-refractivity contribution in [3.05, 3.63) is 46.7 Å². The zero-order valence-corrected chi connectivity index (χ0v) is 11.4. The molecule has 0 aromatic heterocycles. The third kappa shape index (κ3) is 1.17. The highest BCUT2D eigenvalue weighted by Gasteiger charge is 2.51. The van der Waals surface area contributed by atoms with Gasteiger partial charge < -0.3 is 4.74 Å². The molecule has 1 aromatic rings. The monoisotopic (exact) mass is 240 g/mol. The first kappa shape index (κ1) is 9.86. The van der Waals surface area contributed by atoms with Crippen molar-refractivity contribution in [3.63, 3.8) is 0 Å². The van der Waals surface area contributed by atoms with Crippen LogP contribution in [-0.4, -0.2) is 20.3 Å². The summed E-state index contributed by atoms with van der Waals surface area (Å²) in [5.41, 5.74) is 5.90. The minimum atomic E-state index is -1.27. The lowest BCUT2D eigenvalue weighted by Gasteiger charge is -2.35. The van der Waals surface area contributed by atoms with Crippen LogP contribution >= 0.6 is 0 Å². The summed E-state index contributed by atoms with van der Waals surface area (Å²) < 4.78 is 5.78. The Morgan fingerprint density at radius 1 is 1.06 bits per heavy atom. The van der Waals surface area contributed by atoms with Gasteiger partial charge in [-0.3, -0.25) is 0 Å². The van der Waals surface area contributed by atoms with Gasteiger partial charge in [0.15, 0.2) is 0 Å². The number of allylic oxidation sites excluding steroid dienone is 2. The first-order chi connectivity index (χ1) is 8.07. The molecular formula is C15H16OSi. The standard InChI is InChI=1S/C15H16OSi/c1-17(2,3)12-8-11-15(16-11)14-10-7-5-4-6-9(10)13(12)14/h4-8,11,15H,1-3H3. The molecule has 1 aliphatic heterocycles. The van der Waals surface area contributed by atoms with Crippen LogP contribution in [0.2, 0.25) is 19.6 Å². The number of benzene rings is 1. The molecule has 1 nitrogen and oxygen atoms in total. The number of epoxide rings is 1. The van der Waals surface area contributed by atoms with Crippen LogP contribution in [0.15, 0.2) is 35.5 Å². The second-order valence-electron chi connectivity index (χ2n) is 6.19. The van der Waals surface area contributed by atoms with Gasteiger partial charge in [-0.1, -0.05) is 55.2 Å². The fourth-order valence-corrected chi connectivity index (χ4v) is 4.78. The quantitative estimate of drug-likeness (QED) is 0.541. The normalized spacial score (nSPS) is 28.8. The number of ether oxygens (including phenoxy) is 1. The molecule has 1 aromatic carbocycles. The fourth-order valence-electron chi connectivity index (χ4n) is 3.09. The van der Waals surface area contributed by atoms with Crippen LogP contribution in [0.25, 0.3) is 11.1 Å². The van der Waals surface area contributed by atoms with Crippen LogP contribution in [0.4, 0.5) is 0 Å². The first-order valence-electron chi connectivity index (χ1n) is 6.29. The van der Waals surface area contributed by atoms with Crippen molar-refractivity contribution in [2.24, 2.45) is 0 Å². The summed E-state index contributed by atoms with van der Waals surface area (Å²) in [5.74, 6) is 0. The maximum atomic E-state index is 5.78. The van der Waals surface area contributed by atoms with Gasteiger partial charge in [0.1, 0.15) is 12.2 Å². The minimum absolute atomic E-state index is 0.375. The molecule has 2 heteroatoms. The minimum Gasteiger partial charge on any atom is -0.360 e.